The zero-order chi connectivity index (χ0) is 15.1. The summed E-state index contributed by atoms with van der Waals surface area (Å²) in [6.07, 6.45) is 8.95. The molecular weight excluding hydrogens is 274 g/mol. The molecule has 2 saturated heterocycles. The maximum Gasteiger partial charge on any atom is 0.133 e. The van der Waals surface area contributed by atoms with Crippen molar-refractivity contribution in [3.05, 3.63) is 0 Å². The van der Waals surface area contributed by atoms with Crippen LogP contribution in [-0.4, -0.2) is 24.7 Å². The first-order valence-electron chi connectivity index (χ1n) is 9.41. The molecule has 0 aromatic heterocycles. The molecule has 0 aromatic carbocycles. The monoisotopic (exact) mass is 303 g/mol. The van der Waals surface area contributed by atoms with Crippen molar-refractivity contribution in [3.8, 4) is 0 Å². The fourth-order valence-electron chi connectivity index (χ4n) is 7.42. The van der Waals surface area contributed by atoms with Crippen LogP contribution in [0.5, 0.6) is 0 Å². The summed E-state index contributed by atoms with van der Waals surface area (Å²) in [4.78, 5) is 12.1. The number of rotatable bonds is 0. The lowest BCUT2D eigenvalue weighted by Crippen LogP contribution is -2.58. The predicted octanol–water partition coefficient (Wildman–Crippen LogP) is 3.13. The lowest BCUT2D eigenvalue weighted by atomic mass is 9.46. The van der Waals surface area contributed by atoms with Gasteiger partial charge in [-0.25, -0.2) is 0 Å². The smallest absolute Gasteiger partial charge is 0.133 e. The van der Waals surface area contributed by atoms with Gasteiger partial charge in [-0.15, -0.1) is 0 Å². The summed E-state index contributed by atoms with van der Waals surface area (Å²) >= 11 is 0. The molecule has 2 aliphatic heterocycles. The first-order chi connectivity index (χ1) is 10.5. The highest BCUT2D eigenvalue weighted by Gasteiger charge is 2.63. The van der Waals surface area contributed by atoms with E-state index in [1.807, 2.05) is 0 Å². The van der Waals surface area contributed by atoms with Crippen LogP contribution < -0.4 is 5.32 Å². The van der Waals surface area contributed by atoms with Gasteiger partial charge in [-0.2, -0.15) is 0 Å². The first kappa shape index (κ1) is 14.0. The Hall–Kier alpha value is -0.410. The quantitative estimate of drug-likeness (QED) is 0.747. The number of carbonyl (C=O) groups excluding carboxylic acids is 1. The number of ether oxygens (including phenoxy) is 1. The molecule has 3 saturated carbocycles. The minimum Gasteiger partial charge on any atom is -0.358 e. The second kappa shape index (κ2) is 4.36. The Morgan fingerprint density at radius 1 is 1.18 bits per heavy atom. The number of hydrogen-bond acceptors (Lipinski definition) is 3. The minimum absolute atomic E-state index is 0.313. The van der Waals surface area contributed by atoms with Gasteiger partial charge in [0.2, 0.25) is 0 Å². The van der Waals surface area contributed by atoms with Crippen LogP contribution in [-0.2, 0) is 9.53 Å². The Morgan fingerprint density at radius 3 is 2.91 bits per heavy atom. The van der Waals surface area contributed by atoms with E-state index in [1.165, 1.54) is 32.1 Å². The molecule has 2 heterocycles. The molecule has 8 atom stereocenters. The molecule has 1 N–H and O–H groups in total. The van der Waals surface area contributed by atoms with E-state index >= 15 is 0 Å². The third kappa shape index (κ3) is 1.62. The Balaban J connectivity index is 1.51. The number of hydrogen-bond donors (Lipinski definition) is 1. The lowest BCUT2D eigenvalue weighted by molar-refractivity contribution is -0.190. The highest BCUT2D eigenvalue weighted by molar-refractivity contribution is 5.82. The first-order valence-corrected chi connectivity index (χ1v) is 9.41. The van der Waals surface area contributed by atoms with Crippen molar-refractivity contribution in [1.29, 1.82) is 0 Å². The van der Waals surface area contributed by atoms with Gasteiger partial charge in [0.15, 0.2) is 0 Å². The molecule has 22 heavy (non-hydrogen) atoms. The average Bonchev–Trinajstić information content (AvgIpc) is 3.02. The number of nitrogens with one attached hydrogen (secondary N) is 1. The fourth-order valence-corrected chi connectivity index (χ4v) is 7.42. The summed E-state index contributed by atoms with van der Waals surface area (Å²) in [6.45, 7) is 5.97. The van der Waals surface area contributed by atoms with Crippen LogP contribution in [0.15, 0.2) is 0 Å². The standard InChI is InChI=1S/C19H29NO2/c1-18-6-5-14-13(15(18)8-12(21)9-18)4-3-11-7-17-20-10-16(22-17)19(11,14)2/h11,13-17,20H,3-10H2,1-2H3/t11-,13-,14+,15+,16+,17+,18-,19+/m1/s1. The van der Waals surface area contributed by atoms with E-state index in [4.69, 9.17) is 4.74 Å². The molecule has 0 aromatic rings. The van der Waals surface area contributed by atoms with Gasteiger partial charge in [-0.05, 0) is 61.2 Å². The molecule has 5 rings (SSSR count). The summed E-state index contributed by atoms with van der Waals surface area (Å²) in [5.41, 5.74) is 0.656. The lowest BCUT2D eigenvalue weighted by Gasteiger charge is -2.61. The largest absolute Gasteiger partial charge is 0.358 e. The Morgan fingerprint density at radius 2 is 2.05 bits per heavy atom. The number of fused-ring (bicyclic) bond motifs is 8. The molecule has 5 aliphatic rings. The highest BCUT2D eigenvalue weighted by Crippen LogP contribution is 2.66. The minimum atomic E-state index is 0.313. The van der Waals surface area contributed by atoms with Crippen molar-refractivity contribution >= 4 is 5.78 Å². The summed E-state index contributed by atoms with van der Waals surface area (Å²) in [5, 5.41) is 3.58. The van der Waals surface area contributed by atoms with Crippen molar-refractivity contribution in [2.45, 2.75) is 71.1 Å². The molecule has 3 heteroatoms. The third-order valence-electron chi connectivity index (χ3n) is 8.58. The third-order valence-corrected chi connectivity index (χ3v) is 8.58. The Bertz CT molecular complexity index is 520. The summed E-state index contributed by atoms with van der Waals surface area (Å²) < 4.78 is 6.30. The number of carbonyl (C=O) groups is 1. The van der Waals surface area contributed by atoms with Gasteiger partial charge < -0.3 is 4.74 Å². The van der Waals surface area contributed by atoms with Crippen LogP contribution in [0.25, 0.3) is 0 Å². The molecule has 122 valence electrons. The van der Waals surface area contributed by atoms with Crippen LogP contribution in [0.3, 0.4) is 0 Å². The van der Waals surface area contributed by atoms with Gasteiger partial charge in [-0.1, -0.05) is 13.8 Å². The van der Waals surface area contributed by atoms with Crippen molar-refractivity contribution in [3.63, 3.8) is 0 Å². The van der Waals surface area contributed by atoms with E-state index in [-0.39, 0.29) is 0 Å². The topological polar surface area (TPSA) is 38.3 Å². The van der Waals surface area contributed by atoms with Gasteiger partial charge in [0, 0.05) is 24.8 Å². The average molecular weight is 303 g/mol. The molecule has 5 fully saturated rings. The number of Topliss-reactive ketones (excluding diaryl/α,β-unsaturated/α-hetero) is 1. The van der Waals surface area contributed by atoms with E-state index in [2.05, 4.69) is 19.2 Å². The Kier molecular flexibility index (Phi) is 2.77. The van der Waals surface area contributed by atoms with Crippen LogP contribution >= 0.6 is 0 Å². The normalized spacial score (nSPS) is 59.8. The highest BCUT2D eigenvalue weighted by atomic mass is 16.5. The molecular formula is C19H29NO2. The van der Waals surface area contributed by atoms with Crippen LogP contribution in [0.2, 0.25) is 0 Å². The Labute approximate surface area is 133 Å². The van der Waals surface area contributed by atoms with E-state index in [0.29, 0.717) is 34.9 Å². The molecule has 0 amide bonds. The molecule has 2 bridgehead atoms. The summed E-state index contributed by atoms with van der Waals surface area (Å²) in [5.74, 6) is 3.56. The van der Waals surface area contributed by atoms with Crippen LogP contribution in [0.1, 0.15) is 58.8 Å². The molecule has 0 spiro atoms. The van der Waals surface area contributed by atoms with Gasteiger partial charge >= 0.3 is 0 Å². The van der Waals surface area contributed by atoms with Crippen LogP contribution in [0.4, 0.5) is 0 Å². The van der Waals surface area contributed by atoms with E-state index in [9.17, 15) is 4.79 Å². The molecule has 3 nitrogen and oxygen atoms in total. The summed E-state index contributed by atoms with van der Waals surface area (Å²) in [6, 6.07) is 0. The van der Waals surface area contributed by atoms with Crippen molar-refractivity contribution in [2.24, 2.45) is 34.5 Å². The van der Waals surface area contributed by atoms with Gasteiger partial charge in [-0.3, -0.25) is 10.1 Å². The number of ketones is 1. The van der Waals surface area contributed by atoms with E-state index in [1.54, 1.807) is 0 Å². The predicted molar refractivity (Wildman–Crippen MR) is 84.2 cm³/mol. The second-order valence-electron chi connectivity index (χ2n) is 9.39. The van der Waals surface area contributed by atoms with Gasteiger partial charge in [0.05, 0.1) is 6.10 Å². The molecule has 0 radical (unpaired) electrons. The van der Waals surface area contributed by atoms with Crippen molar-refractivity contribution < 1.29 is 9.53 Å². The maximum atomic E-state index is 12.1. The molecule has 0 unspecified atom stereocenters. The maximum absolute atomic E-state index is 12.1. The zero-order valence-electron chi connectivity index (χ0n) is 13.9. The fraction of sp³-hybridized carbons (Fsp3) is 0.947. The second-order valence-corrected chi connectivity index (χ2v) is 9.39. The van der Waals surface area contributed by atoms with E-state index in [0.717, 1.165) is 37.1 Å². The van der Waals surface area contributed by atoms with Crippen molar-refractivity contribution in [1.82, 2.24) is 5.32 Å². The summed E-state index contributed by atoms with van der Waals surface area (Å²) in [7, 11) is 0. The van der Waals surface area contributed by atoms with Gasteiger partial charge in [0.25, 0.3) is 0 Å². The zero-order valence-corrected chi connectivity index (χ0v) is 13.9. The molecule has 3 aliphatic carbocycles. The van der Waals surface area contributed by atoms with Crippen molar-refractivity contribution in [2.75, 3.05) is 6.54 Å². The SMILES string of the molecule is C[C@]12CC[C@H]3[C@@H](CC[C@@H]4C[C@H]5NC[C@H](O5)[C@@]43C)[C@@H]1CC(=O)C2. The van der Waals surface area contributed by atoms with Crippen LogP contribution in [0, 0.1) is 34.5 Å². The van der Waals surface area contributed by atoms with Gasteiger partial charge in [0.1, 0.15) is 12.0 Å². The van der Waals surface area contributed by atoms with E-state index < -0.39 is 0 Å².